The molecule has 0 spiro atoms. The molecule has 26 heavy (non-hydrogen) atoms. The Kier molecular flexibility index (Phi) is 4.75. The highest BCUT2D eigenvalue weighted by Gasteiger charge is 2.22. The van der Waals surface area contributed by atoms with Crippen molar-refractivity contribution in [2.45, 2.75) is 0 Å². The number of benzene rings is 2. The summed E-state index contributed by atoms with van der Waals surface area (Å²) in [4.78, 5) is 16.5. The van der Waals surface area contributed by atoms with Gasteiger partial charge in [-0.15, -0.1) is 0 Å². The molecule has 1 saturated heterocycles. The largest absolute Gasteiger partial charge is 0.486 e. The fraction of sp³-hybridized carbons (Fsp3) is 0.316. The van der Waals surface area contributed by atoms with Crippen LogP contribution in [0.25, 0.3) is 0 Å². The molecule has 0 aromatic heterocycles. The fourth-order valence-corrected chi connectivity index (χ4v) is 3.36. The number of anilines is 2. The molecule has 136 valence electrons. The van der Waals surface area contributed by atoms with E-state index in [-0.39, 0.29) is 6.03 Å². The first-order valence-electron chi connectivity index (χ1n) is 8.65. The van der Waals surface area contributed by atoms with Gasteiger partial charge >= 0.3 is 6.03 Å². The molecular formula is C19H20ClN3O3. The number of hydrogen-bond donors (Lipinski definition) is 1. The van der Waals surface area contributed by atoms with Crippen molar-refractivity contribution >= 4 is 29.0 Å². The topological polar surface area (TPSA) is 54.0 Å². The molecule has 0 bridgehead atoms. The number of carbonyl (C=O) groups is 1. The van der Waals surface area contributed by atoms with Crippen LogP contribution >= 0.6 is 11.6 Å². The molecule has 2 amide bonds. The highest BCUT2D eigenvalue weighted by molar-refractivity contribution is 6.30. The first kappa shape index (κ1) is 16.8. The highest BCUT2D eigenvalue weighted by Crippen LogP contribution is 2.34. The van der Waals surface area contributed by atoms with Crippen molar-refractivity contribution in [1.29, 1.82) is 0 Å². The summed E-state index contributed by atoms with van der Waals surface area (Å²) in [6.07, 6.45) is 0. The van der Waals surface area contributed by atoms with Crippen LogP contribution in [0.2, 0.25) is 5.02 Å². The number of ether oxygens (including phenoxy) is 2. The monoisotopic (exact) mass is 373 g/mol. The SMILES string of the molecule is O=C(Nc1cccc(Cl)c1)N1CCN(c2ccc3c(c2)OCCO3)CC1. The second-order valence-electron chi connectivity index (χ2n) is 6.24. The van der Waals surface area contributed by atoms with Crippen molar-refractivity contribution in [3.8, 4) is 11.5 Å². The Labute approximate surface area is 157 Å². The summed E-state index contributed by atoms with van der Waals surface area (Å²) < 4.78 is 11.2. The van der Waals surface area contributed by atoms with E-state index < -0.39 is 0 Å². The van der Waals surface area contributed by atoms with Crippen LogP contribution in [0.15, 0.2) is 42.5 Å². The van der Waals surface area contributed by atoms with Gasteiger partial charge in [-0.2, -0.15) is 0 Å². The van der Waals surface area contributed by atoms with Gasteiger partial charge in [-0.3, -0.25) is 0 Å². The summed E-state index contributed by atoms with van der Waals surface area (Å²) in [5.41, 5.74) is 1.79. The number of halogens is 1. The summed E-state index contributed by atoms with van der Waals surface area (Å²) in [6, 6.07) is 13.1. The molecule has 7 heteroatoms. The van der Waals surface area contributed by atoms with E-state index in [0.29, 0.717) is 37.0 Å². The number of hydrogen-bond acceptors (Lipinski definition) is 4. The van der Waals surface area contributed by atoms with Crippen molar-refractivity contribution < 1.29 is 14.3 Å². The van der Waals surface area contributed by atoms with Crippen LogP contribution in [0.3, 0.4) is 0 Å². The predicted molar refractivity (Wildman–Crippen MR) is 102 cm³/mol. The summed E-state index contributed by atoms with van der Waals surface area (Å²) in [5.74, 6) is 1.58. The second-order valence-corrected chi connectivity index (χ2v) is 6.68. The molecule has 0 radical (unpaired) electrons. The summed E-state index contributed by atoms with van der Waals surface area (Å²) in [7, 11) is 0. The molecule has 2 heterocycles. The Morgan fingerprint density at radius 3 is 2.50 bits per heavy atom. The molecule has 0 unspecified atom stereocenters. The molecule has 1 N–H and O–H groups in total. The number of piperazine rings is 1. The zero-order valence-electron chi connectivity index (χ0n) is 14.3. The lowest BCUT2D eigenvalue weighted by Crippen LogP contribution is -2.50. The van der Waals surface area contributed by atoms with Crippen LogP contribution in [0.4, 0.5) is 16.2 Å². The van der Waals surface area contributed by atoms with Gasteiger partial charge in [0.2, 0.25) is 0 Å². The van der Waals surface area contributed by atoms with Gasteiger partial charge in [0.1, 0.15) is 13.2 Å². The third-order valence-corrected chi connectivity index (χ3v) is 4.77. The zero-order chi connectivity index (χ0) is 17.9. The summed E-state index contributed by atoms with van der Waals surface area (Å²) in [5, 5.41) is 3.50. The summed E-state index contributed by atoms with van der Waals surface area (Å²) in [6.45, 7) is 4.01. The molecule has 0 atom stereocenters. The van der Waals surface area contributed by atoms with Gasteiger partial charge in [-0.1, -0.05) is 17.7 Å². The molecule has 2 aromatic rings. The smallest absolute Gasteiger partial charge is 0.321 e. The van der Waals surface area contributed by atoms with Crippen molar-refractivity contribution in [3.63, 3.8) is 0 Å². The zero-order valence-corrected chi connectivity index (χ0v) is 15.0. The lowest BCUT2D eigenvalue weighted by atomic mass is 10.2. The van der Waals surface area contributed by atoms with Gasteiger partial charge in [0.05, 0.1) is 0 Å². The molecule has 0 aliphatic carbocycles. The van der Waals surface area contributed by atoms with E-state index in [4.69, 9.17) is 21.1 Å². The third-order valence-electron chi connectivity index (χ3n) is 4.53. The van der Waals surface area contributed by atoms with Gasteiger partial charge in [-0.05, 0) is 30.3 Å². The highest BCUT2D eigenvalue weighted by atomic mass is 35.5. The van der Waals surface area contributed by atoms with E-state index in [2.05, 4.69) is 10.2 Å². The molecule has 1 fully saturated rings. The maximum absolute atomic E-state index is 12.4. The van der Waals surface area contributed by atoms with Crippen LogP contribution in [-0.2, 0) is 0 Å². The number of rotatable bonds is 2. The van der Waals surface area contributed by atoms with Crippen LogP contribution < -0.4 is 19.7 Å². The second kappa shape index (κ2) is 7.33. The van der Waals surface area contributed by atoms with E-state index in [9.17, 15) is 4.79 Å². The minimum absolute atomic E-state index is 0.103. The van der Waals surface area contributed by atoms with Crippen molar-refractivity contribution in [1.82, 2.24) is 4.90 Å². The van der Waals surface area contributed by atoms with E-state index in [1.165, 1.54) is 0 Å². The lowest BCUT2D eigenvalue weighted by Gasteiger charge is -2.36. The fourth-order valence-electron chi connectivity index (χ4n) is 3.17. The van der Waals surface area contributed by atoms with E-state index >= 15 is 0 Å². The molecule has 2 aromatic carbocycles. The van der Waals surface area contributed by atoms with Crippen LogP contribution in [0.5, 0.6) is 11.5 Å². The Hall–Kier alpha value is -2.60. The van der Waals surface area contributed by atoms with E-state index in [1.54, 1.807) is 12.1 Å². The standard InChI is InChI=1S/C19H20ClN3O3/c20-14-2-1-3-15(12-14)21-19(24)23-8-6-22(7-9-23)16-4-5-17-18(13-16)26-11-10-25-17/h1-5,12-13H,6-11H2,(H,21,24). The maximum atomic E-state index is 12.4. The number of nitrogens with one attached hydrogen (secondary N) is 1. The minimum Gasteiger partial charge on any atom is -0.486 e. The molecular weight excluding hydrogens is 354 g/mol. The van der Waals surface area contributed by atoms with Crippen molar-refractivity contribution in [2.24, 2.45) is 0 Å². The third kappa shape index (κ3) is 3.65. The van der Waals surface area contributed by atoms with Gasteiger partial charge in [-0.25, -0.2) is 4.79 Å². The summed E-state index contributed by atoms with van der Waals surface area (Å²) >= 11 is 5.96. The quantitative estimate of drug-likeness (QED) is 0.875. The number of urea groups is 1. The molecule has 4 rings (SSSR count). The van der Waals surface area contributed by atoms with Crippen molar-refractivity contribution in [2.75, 3.05) is 49.6 Å². The van der Waals surface area contributed by atoms with E-state index in [1.807, 2.05) is 35.2 Å². The number of amides is 2. The van der Waals surface area contributed by atoms with Gasteiger partial charge < -0.3 is 24.6 Å². The number of nitrogens with zero attached hydrogens (tertiary/aromatic N) is 2. The lowest BCUT2D eigenvalue weighted by molar-refractivity contribution is 0.171. The number of carbonyl (C=O) groups excluding carboxylic acids is 1. The van der Waals surface area contributed by atoms with Gasteiger partial charge in [0.25, 0.3) is 0 Å². The first-order chi connectivity index (χ1) is 12.7. The maximum Gasteiger partial charge on any atom is 0.321 e. The van der Waals surface area contributed by atoms with E-state index in [0.717, 1.165) is 30.3 Å². The van der Waals surface area contributed by atoms with Gasteiger partial charge in [0, 0.05) is 48.6 Å². The Bertz CT molecular complexity index is 806. The first-order valence-corrected chi connectivity index (χ1v) is 9.03. The molecule has 2 aliphatic heterocycles. The van der Waals surface area contributed by atoms with Crippen LogP contribution in [0.1, 0.15) is 0 Å². The molecule has 2 aliphatic rings. The molecule has 6 nitrogen and oxygen atoms in total. The molecule has 0 saturated carbocycles. The van der Waals surface area contributed by atoms with Crippen LogP contribution in [0, 0.1) is 0 Å². The average Bonchev–Trinajstić information content (AvgIpc) is 2.68. The van der Waals surface area contributed by atoms with Gasteiger partial charge in [0.15, 0.2) is 11.5 Å². The Morgan fingerprint density at radius 1 is 0.962 bits per heavy atom. The Balaban J connectivity index is 1.36. The average molecular weight is 374 g/mol. The Morgan fingerprint density at radius 2 is 1.73 bits per heavy atom. The van der Waals surface area contributed by atoms with Crippen LogP contribution in [-0.4, -0.2) is 50.3 Å². The van der Waals surface area contributed by atoms with Crippen molar-refractivity contribution in [3.05, 3.63) is 47.5 Å². The predicted octanol–water partition coefficient (Wildman–Crippen LogP) is 3.47. The number of fused-ring (bicyclic) bond motifs is 1. The normalized spacial score (nSPS) is 16.3. The minimum atomic E-state index is -0.103.